The zero-order valence-corrected chi connectivity index (χ0v) is 18.4. The van der Waals surface area contributed by atoms with E-state index in [9.17, 15) is 10.1 Å². The third-order valence-corrected chi connectivity index (χ3v) is 5.52. The summed E-state index contributed by atoms with van der Waals surface area (Å²) >= 11 is 0. The molecule has 32 heavy (non-hydrogen) atoms. The van der Waals surface area contributed by atoms with E-state index in [1.165, 1.54) is 25.3 Å². The van der Waals surface area contributed by atoms with Crippen LogP contribution in [0.4, 0.5) is 5.69 Å². The first-order valence-electron chi connectivity index (χ1n) is 10.6. The number of allylic oxidation sites excluding steroid dienone is 2. The summed E-state index contributed by atoms with van der Waals surface area (Å²) in [6.45, 7) is 1.71. The summed E-state index contributed by atoms with van der Waals surface area (Å²) in [6.07, 6.45) is 9.68. The lowest BCUT2D eigenvalue weighted by Crippen LogP contribution is -2.19. The zero-order valence-electron chi connectivity index (χ0n) is 18.4. The molecule has 9 heteroatoms. The minimum atomic E-state index is 0.142. The van der Waals surface area contributed by atoms with E-state index >= 15 is 0 Å². The van der Waals surface area contributed by atoms with E-state index in [2.05, 4.69) is 21.8 Å². The van der Waals surface area contributed by atoms with E-state index in [-0.39, 0.29) is 5.82 Å². The number of rotatable bonds is 8. The van der Waals surface area contributed by atoms with Crippen molar-refractivity contribution in [1.29, 1.82) is 5.26 Å². The highest BCUT2D eigenvalue weighted by molar-refractivity contribution is 5.81. The topological polar surface area (TPSA) is 144 Å². The normalized spacial score (nSPS) is 15.5. The van der Waals surface area contributed by atoms with Gasteiger partial charge in [-0.2, -0.15) is 10.4 Å². The lowest BCUT2D eigenvalue weighted by Gasteiger charge is -2.21. The fourth-order valence-electron chi connectivity index (χ4n) is 3.93. The van der Waals surface area contributed by atoms with Crippen molar-refractivity contribution >= 4 is 12.1 Å². The Bertz CT molecular complexity index is 1070. The number of para-hydroxylation sites is 1. The second-order valence-electron chi connectivity index (χ2n) is 7.74. The summed E-state index contributed by atoms with van der Waals surface area (Å²) in [5, 5.41) is 19.9. The van der Waals surface area contributed by atoms with Gasteiger partial charge in [-0.25, -0.2) is 0 Å². The van der Waals surface area contributed by atoms with Crippen molar-refractivity contribution < 1.29 is 9.53 Å². The van der Waals surface area contributed by atoms with Crippen LogP contribution in [0, 0.1) is 11.3 Å². The van der Waals surface area contributed by atoms with Crippen LogP contribution in [-0.4, -0.2) is 23.3 Å². The summed E-state index contributed by atoms with van der Waals surface area (Å²) in [5.74, 6) is 0.684. The zero-order chi connectivity index (χ0) is 23.1. The SMILES string of the molecule is COc1c(NC(/C=C(\N)NC=O)=C(\C)N)cccc1-c1cn(C2CCCCC2)nc1C#N. The van der Waals surface area contributed by atoms with Gasteiger partial charge in [-0.1, -0.05) is 31.4 Å². The van der Waals surface area contributed by atoms with Crippen molar-refractivity contribution in [3.8, 4) is 22.9 Å². The fourth-order valence-corrected chi connectivity index (χ4v) is 3.93. The highest BCUT2D eigenvalue weighted by atomic mass is 16.5. The van der Waals surface area contributed by atoms with Crippen molar-refractivity contribution in [2.45, 2.75) is 45.1 Å². The smallest absolute Gasteiger partial charge is 0.212 e. The monoisotopic (exact) mass is 435 g/mol. The average molecular weight is 436 g/mol. The number of ether oxygens (including phenoxy) is 1. The largest absolute Gasteiger partial charge is 0.494 e. The Morgan fingerprint density at radius 1 is 1.28 bits per heavy atom. The molecule has 2 aromatic rings. The summed E-state index contributed by atoms with van der Waals surface area (Å²) in [7, 11) is 1.57. The number of nitrogens with zero attached hydrogens (tertiary/aromatic N) is 3. The summed E-state index contributed by atoms with van der Waals surface area (Å²) < 4.78 is 7.65. The molecule has 168 valence electrons. The number of carbonyl (C=O) groups excluding carboxylic acids is 1. The van der Waals surface area contributed by atoms with E-state index in [0.29, 0.717) is 46.5 Å². The van der Waals surface area contributed by atoms with Crippen molar-refractivity contribution in [1.82, 2.24) is 15.1 Å². The molecule has 1 aliphatic carbocycles. The van der Waals surface area contributed by atoms with Crippen molar-refractivity contribution in [2.24, 2.45) is 11.5 Å². The molecule has 0 bridgehead atoms. The molecule has 0 atom stereocenters. The molecule has 0 aliphatic heterocycles. The van der Waals surface area contributed by atoms with E-state index in [1.54, 1.807) is 14.0 Å². The number of nitrogens with two attached hydrogens (primary N) is 2. The molecule has 1 aromatic carbocycles. The summed E-state index contributed by atoms with van der Waals surface area (Å²) in [5.41, 5.74) is 15.2. The quantitative estimate of drug-likeness (QED) is 0.368. The first kappa shape index (κ1) is 22.7. The molecule has 0 saturated heterocycles. The van der Waals surface area contributed by atoms with Crippen molar-refractivity contribution in [3.63, 3.8) is 0 Å². The van der Waals surface area contributed by atoms with Gasteiger partial charge < -0.3 is 26.8 Å². The fraction of sp³-hybridized carbons (Fsp3) is 0.348. The molecule has 9 nitrogen and oxygen atoms in total. The van der Waals surface area contributed by atoms with E-state index in [1.807, 2.05) is 29.1 Å². The first-order valence-corrected chi connectivity index (χ1v) is 10.6. The highest BCUT2D eigenvalue weighted by Gasteiger charge is 2.22. The lowest BCUT2D eigenvalue weighted by atomic mass is 9.96. The molecule has 0 radical (unpaired) electrons. The van der Waals surface area contributed by atoms with Gasteiger partial charge in [-0.05, 0) is 25.8 Å². The van der Waals surface area contributed by atoms with Gasteiger partial charge in [0.25, 0.3) is 0 Å². The second-order valence-corrected chi connectivity index (χ2v) is 7.74. The second kappa shape index (κ2) is 10.4. The van der Waals surface area contributed by atoms with E-state index in [0.717, 1.165) is 18.4 Å². The van der Waals surface area contributed by atoms with Gasteiger partial charge in [0.05, 0.1) is 24.5 Å². The first-order chi connectivity index (χ1) is 15.5. The predicted molar refractivity (Wildman–Crippen MR) is 123 cm³/mol. The predicted octanol–water partition coefficient (Wildman–Crippen LogP) is 3.08. The van der Waals surface area contributed by atoms with E-state index in [4.69, 9.17) is 16.2 Å². The molecule has 1 heterocycles. The molecule has 1 aromatic heterocycles. The summed E-state index contributed by atoms with van der Waals surface area (Å²) in [6, 6.07) is 8.12. The Morgan fingerprint density at radius 3 is 2.66 bits per heavy atom. The van der Waals surface area contributed by atoms with Crippen LogP contribution in [0.3, 0.4) is 0 Å². The van der Waals surface area contributed by atoms with Gasteiger partial charge in [0, 0.05) is 29.1 Å². The Kier molecular flexibility index (Phi) is 7.39. The molecule has 0 unspecified atom stereocenters. The van der Waals surface area contributed by atoms with Crippen molar-refractivity contribution in [3.05, 3.63) is 53.4 Å². The molecule has 1 aliphatic rings. The number of hydrogen-bond acceptors (Lipinski definition) is 7. The molecule has 1 saturated carbocycles. The third kappa shape index (κ3) is 5.03. The number of nitrogens with one attached hydrogen (secondary N) is 2. The average Bonchev–Trinajstić information content (AvgIpc) is 3.23. The van der Waals surface area contributed by atoms with Gasteiger partial charge in [0.2, 0.25) is 6.41 Å². The maximum Gasteiger partial charge on any atom is 0.212 e. The van der Waals surface area contributed by atoms with Gasteiger partial charge in [0.15, 0.2) is 5.69 Å². The number of hydrogen-bond donors (Lipinski definition) is 4. The van der Waals surface area contributed by atoms with E-state index < -0.39 is 0 Å². The van der Waals surface area contributed by atoms with Gasteiger partial charge >= 0.3 is 0 Å². The molecule has 1 amide bonds. The Balaban J connectivity index is 2.01. The maximum absolute atomic E-state index is 10.6. The molecular formula is C23H29N7O2. The minimum Gasteiger partial charge on any atom is -0.494 e. The minimum absolute atomic E-state index is 0.142. The van der Waals surface area contributed by atoms with Crippen LogP contribution in [0.25, 0.3) is 11.1 Å². The lowest BCUT2D eigenvalue weighted by molar-refractivity contribution is -0.108. The summed E-state index contributed by atoms with van der Waals surface area (Å²) in [4.78, 5) is 10.6. The number of benzene rings is 1. The van der Waals surface area contributed by atoms with Gasteiger partial charge in [-0.15, -0.1) is 0 Å². The Hall–Kier alpha value is -3.93. The Morgan fingerprint density at radius 2 is 2.03 bits per heavy atom. The van der Waals surface area contributed by atoms with Crippen LogP contribution >= 0.6 is 0 Å². The maximum atomic E-state index is 10.6. The number of carbonyl (C=O) groups is 1. The number of amides is 1. The van der Waals surface area contributed by atoms with Crippen LogP contribution in [0.2, 0.25) is 0 Å². The van der Waals surface area contributed by atoms with Gasteiger partial charge in [-0.3, -0.25) is 9.48 Å². The van der Waals surface area contributed by atoms with Crippen LogP contribution < -0.4 is 26.8 Å². The molecule has 3 rings (SSSR count). The molecular weight excluding hydrogens is 406 g/mol. The molecule has 6 N–H and O–H groups in total. The van der Waals surface area contributed by atoms with Crippen LogP contribution in [-0.2, 0) is 4.79 Å². The molecule has 1 fully saturated rings. The Labute approximate surface area is 187 Å². The number of methoxy groups -OCH3 is 1. The molecule has 0 spiro atoms. The number of anilines is 1. The van der Waals surface area contributed by atoms with Crippen LogP contribution in [0.1, 0.15) is 50.8 Å². The third-order valence-electron chi connectivity index (χ3n) is 5.52. The number of nitriles is 1. The van der Waals surface area contributed by atoms with Gasteiger partial charge in [0.1, 0.15) is 17.6 Å². The standard InChI is InChI=1S/C23H29N7O2/c1-15(25)20(11-22(26)27-14-31)28-19-10-6-9-17(23(19)32-2)18-13-30(29-21(18)12-24)16-7-4-3-5-8-16/h6,9-11,13-14,16,28H,3-5,7-8,25-26H2,1-2H3,(H,27,31)/b20-15+,22-11+. The van der Waals surface area contributed by atoms with Crippen molar-refractivity contribution in [2.75, 3.05) is 12.4 Å². The van der Waals surface area contributed by atoms with Crippen LogP contribution in [0.15, 0.2) is 47.7 Å². The highest BCUT2D eigenvalue weighted by Crippen LogP contribution is 2.39. The number of aromatic nitrogens is 2. The van der Waals surface area contributed by atoms with Crippen LogP contribution in [0.5, 0.6) is 5.75 Å².